The summed E-state index contributed by atoms with van der Waals surface area (Å²) < 4.78 is 43.7. The molecule has 0 heterocycles. The Morgan fingerprint density at radius 1 is 0.923 bits per heavy atom. The predicted octanol–water partition coefficient (Wildman–Crippen LogP) is 4.71. The summed E-state index contributed by atoms with van der Waals surface area (Å²) in [4.78, 5) is 0.523. The van der Waals surface area contributed by atoms with Gasteiger partial charge in [0.25, 0.3) is 10.0 Å². The normalized spacial score (nSPS) is 18.0. The van der Waals surface area contributed by atoms with E-state index in [1.165, 1.54) is 12.1 Å². The Labute approximate surface area is 156 Å². The summed E-state index contributed by atoms with van der Waals surface area (Å²) in [6.45, 7) is 3.70. The van der Waals surface area contributed by atoms with Crippen LogP contribution in [0.1, 0.15) is 31.7 Å². The lowest BCUT2D eigenvalue weighted by Crippen LogP contribution is -2.21. The van der Waals surface area contributed by atoms with Crippen molar-refractivity contribution < 1.29 is 12.6 Å². The third kappa shape index (κ3) is 3.76. The molecule has 26 heavy (non-hydrogen) atoms. The Balaban J connectivity index is 2.19. The zero-order valence-electron chi connectivity index (χ0n) is 15.0. The lowest BCUT2D eigenvalue weighted by molar-refractivity contribution is 0.597. The second-order valence-electron chi connectivity index (χ2n) is 6.56. The van der Waals surface area contributed by atoms with E-state index in [0.717, 1.165) is 30.4 Å². The molecule has 3 rings (SSSR count). The molecule has 0 saturated carbocycles. The van der Waals surface area contributed by atoms with Crippen molar-refractivity contribution in [2.45, 2.75) is 48.2 Å². The van der Waals surface area contributed by atoms with Crippen LogP contribution in [-0.4, -0.2) is 17.9 Å². The van der Waals surface area contributed by atoms with Gasteiger partial charge in [-0.1, -0.05) is 47.5 Å². The molecule has 6 heteroatoms. The van der Waals surface area contributed by atoms with Crippen molar-refractivity contribution in [3.8, 4) is 0 Å². The van der Waals surface area contributed by atoms with Crippen LogP contribution in [0.3, 0.4) is 0 Å². The zero-order chi connectivity index (χ0) is 18.8. The highest BCUT2D eigenvalue weighted by Gasteiger charge is 2.29. The third-order valence-corrected chi connectivity index (χ3v) is 9.43. The average molecular weight is 390 g/mol. The summed E-state index contributed by atoms with van der Waals surface area (Å²) in [6, 6.07) is 15.2. The quantitative estimate of drug-likeness (QED) is 0.696. The van der Waals surface area contributed by atoms with Crippen LogP contribution in [0.25, 0.3) is 0 Å². The number of rotatable bonds is 5. The van der Waals surface area contributed by atoms with Crippen LogP contribution in [0, 0.1) is 6.92 Å². The summed E-state index contributed by atoms with van der Waals surface area (Å²) in [5, 5.41) is -0.451. The Bertz CT molecular complexity index is 1030. The number of benzene rings is 2. The number of hydrogen-bond donors (Lipinski definition) is 0. The van der Waals surface area contributed by atoms with Gasteiger partial charge in [-0.25, -0.2) is 4.21 Å². The van der Waals surface area contributed by atoms with E-state index in [-0.39, 0.29) is 4.90 Å². The fourth-order valence-electron chi connectivity index (χ4n) is 3.10. The van der Waals surface area contributed by atoms with E-state index < -0.39 is 25.0 Å². The van der Waals surface area contributed by atoms with E-state index in [1.807, 2.05) is 19.9 Å². The molecule has 1 aliphatic carbocycles. The highest BCUT2D eigenvalue weighted by atomic mass is 32.3. The molecule has 0 spiro atoms. The highest BCUT2D eigenvalue weighted by molar-refractivity contribution is 8.03. The molecule has 0 radical (unpaired) electrons. The average Bonchev–Trinajstić information content (AvgIpc) is 3.16. The van der Waals surface area contributed by atoms with Gasteiger partial charge in [-0.15, -0.1) is 3.77 Å². The maximum atomic E-state index is 13.9. The van der Waals surface area contributed by atoms with Gasteiger partial charge in [0, 0.05) is 4.90 Å². The number of aryl methyl sites for hydroxylation is 1. The standard InChI is InChI=1S/C20H23NO3S2/c1-16-12-14-20(15-13-16)26(23,24)21-25(22,19-10-4-3-5-11-19)17(2)18-8-6-7-9-18/h3-5,8,10-15,17H,6-7,9H2,1-2H3/t17?,25-/m0/s1. The molecule has 4 nitrogen and oxygen atoms in total. The van der Waals surface area contributed by atoms with Crippen LogP contribution in [0.4, 0.5) is 0 Å². The van der Waals surface area contributed by atoms with Crippen molar-refractivity contribution in [2.75, 3.05) is 0 Å². The van der Waals surface area contributed by atoms with Crippen LogP contribution in [0.15, 0.2) is 79.8 Å². The topological polar surface area (TPSA) is 63.6 Å². The van der Waals surface area contributed by atoms with E-state index in [9.17, 15) is 12.6 Å². The molecule has 2 aromatic rings. The Morgan fingerprint density at radius 3 is 2.15 bits per heavy atom. The minimum absolute atomic E-state index is 0.0688. The molecule has 2 aromatic carbocycles. The maximum Gasteiger partial charge on any atom is 0.290 e. The molecule has 2 atom stereocenters. The molecule has 1 aliphatic rings. The summed E-state index contributed by atoms with van der Waals surface area (Å²) in [6.07, 6.45) is 4.86. The molecular weight excluding hydrogens is 366 g/mol. The summed E-state index contributed by atoms with van der Waals surface area (Å²) in [5.41, 5.74) is 1.99. The smallest absolute Gasteiger partial charge is 0.243 e. The lowest BCUT2D eigenvalue weighted by atomic mass is 10.2. The van der Waals surface area contributed by atoms with Crippen LogP contribution in [-0.2, 0) is 19.8 Å². The van der Waals surface area contributed by atoms with E-state index in [0.29, 0.717) is 4.90 Å². The zero-order valence-corrected chi connectivity index (χ0v) is 16.6. The van der Waals surface area contributed by atoms with Crippen molar-refractivity contribution >= 4 is 19.8 Å². The van der Waals surface area contributed by atoms with Crippen molar-refractivity contribution in [3.05, 3.63) is 71.8 Å². The second kappa shape index (κ2) is 7.37. The van der Waals surface area contributed by atoms with Crippen molar-refractivity contribution in [1.82, 2.24) is 0 Å². The molecule has 0 bridgehead atoms. The van der Waals surface area contributed by atoms with Gasteiger partial charge < -0.3 is 0 Å². The fraction of sp³-hybridized carbons (Fsp3) is 0.300. The van der Waals surface area contributed by atoms with Gasteiger partial charge in [0.1, 0.15) is 0 Å². The highest BCUT2D eigenvalue weighted by Crippen LogP contribution is 2.32. The Morgan fingerprint density at radius 2 is 1.58 bits per heavy atom. The summed E-state index contributed by atoms with van der Waals surface area (Å²) in [7, 11) is -7.21. The molecule has 138 valence electrons. The number of nitrogens with zero attached hydrogens (tertiary/aromatic N) is 1. The van der Waals surface area contributed by atoms with Crippen molar-refractivity contribution in [1.29, 1.82) is 0 Å². The minimum atomic E-state index is -4.04. The third-order valence-electron chi connectivity index (χ3n) is 4.69. The molecule has 0 saturated heterocycles. The molecule has 0 aromatic heterocycles. The van der Waals surface area contributed by atoms with E-state index in [1.54, 1.807) is 36.4 Å². The molecule has 0 amide bonds. The SMILES string of the molecule is Cc1ccc(S(=O)(=O)N=[S@@](=O)(c2ccccc2)C(C)C2=CCCC2)cc1. The molecule has 1 unspecified atom stereocenters. The first-order chi connectivity index (χ1) is 12.3. The first-order valence-electron chi connectivity index (χ1n) is 8.66. The van der Waals surface area contributed by atoms with Crippen LogP contribution in [0.2, 0.25) is 0 Å². The first-order valence-corrected chi connectivity index (χ1v) is 11.7. The van der Waals surface area contributed by atoms with Gasteiger partial charge in [0.05, 0.1) is 19.9 Å². The summed E-state index contributed by atoms with van der Waals surface area (Å²) in [5.74, 6) is 0. The monoisotopic (exact) mass is 389 g/mol. The number of hydrogen-bond acceptors (Lipinski definition) is 3. The summed E-state index contributed by atoms with van der Waals surface area (Å²) >= 11 is 0. The van der Waals surface area contributed by atoms with E-state index >= 15 is 0 Å². The minimum Gasteiger partial charge on any atom is -0.243 e. The molecule has 0 N–H and O–H groups in total. The van der Waals surface area contributed by atoms with Crippen LogP contribution < -0.4 is 0 Å². The van der Waals surface area contributed by atoms with Gasteiger partial charge in [0.15, 0.2) is 0 Å². The van der Waals surface area contributed by atoms with Crippen molar-refractivity contribution in [3.63, 3.8) is 0 Å². The Kier molecular flexibility index (Phi) is 5.34. The van der Waals surface area contributed by atoms with Gasteiger partial charge in [0.2, 0.25) is 0 Å². The fourth-order valence-corrected chi connectivity index (χ4v) is 7.53. The van der Waals surface area contributed by atoms with Crippen molar-refractivity contribution in [2.24, 2.45) is 3.77 Å². The predicted molar refractivity (Wildman–Crippen MR) is 105 cm³/mol. The van der Waals surface area contributed by atoms with Gasteiger partial charge in [-0.05, 0) is 57.4 Å². The van der Waals surface area contributed by atoms with Gasteiger partial charge in [-0.2, -0.15) is 8.42 Å². The maximum absolute atomic E-state index is 13.9. The number of sulfonamides is 1. The van der Waals surface area contributed by atoms with Gasteiger partial charge >= 0.3 is 0 Å². The van der Waals surface area contributed by atoms with E-state index in [4.69, 9.17) is 0 Å². The second-order valence-corrected chi connectivity index (χ2v) is 10.9. The molecule has 0 aliphatic heterocycles. The molecular formula is C20H23NO3S2. The molecule has 0 fully saturated rings. The van der Waals surface area contributed by atoms with Crippen LogP contribution >= 0.6 is 0 Å². The lowest BCUT2D eigenvalue weighted by Gasteiger charge is -2.19. The number of allylic oxidation sites excluding steroid dienone is 1. The Hall–Kier alpha value is -1.92. The largest absolute Gasteiger partial charge is 0.290 e. The van der Waals surface area contributed by atoms with Crippen LogP contribution in [0.5, 0.6) is 0 Å². The van der Waals surface area contributed by atoms with Gasteiger partial charge in [-0.3, -0.25) is 0 Å². The first kappa shape index (κ1) is 18.9. The van der Waals surface area contributed by atoms with E-state index in [2.05, 4.69) is 9.84 Å².